The molecular formula is C15H17FN2O4S. The number of aliphatic hydroxyl groups is 1. The molecule has 2 aromatic rings. The Bertz CT molecular complexity index is 805. The molecule has 1 aromatic heterocycles. The highest BCUT2D eigenvalue weighted by molar-refractivity contribution is 7.86. The number of nitrogens with zero attached hydrogens (tertiary/aromatic N) is 2. The first-order valence-corrected chi connectivity index (χ1v) is 8.70. The van der Waals surface area contributed by atoms with Gasteiger partial charge in [-0.05, 0) is 30.2 Å². The summed E-state index contributed by atoms with van der Waals surface area (Å²) in [6.45, 7) is 3.36. The van der Waals surface area contributed by atoms with Gasteiger partial charge < -0.3 is 9.29 Å². The number of aliphatic hydroxyl groups excluding tert-OH is 1. The molecule has 2 rings (SSSR count). The molecule has 1 aromatic carbocycles. The Morgan fingerprint density at radius 1 is 1.22 bits per heavy atom. The van der Waals surface area contributed by atoms with Gasteiger partial charge in [-0.1, -0.05) is 13.8 Å². The molecule has 0 atom stereocenters. The van der Waals surface area contributed by atoms with Crippen LogP contribution in [0.2, 0.25) is 0 Å². The van der Waals surface area contributed by atoms with Gasteiger partial charge in [0.2, 0.25) is 0 Å². The molecule has 0 bridgehead atoms. The topological polar surface area (TPSA) is 89.4 Å². The lowest BCUT2D eigenvalue weighted by Gasteiger charge is -2.15. The van der Waals surface area contributed by atoms with E-state index in [2.05, 4.69) is 9.97 Å². The molecule has 0 radical (unpaired) electrons. The van der Waals surface area contributed by atoms with Crippen LogP contribution >= 0.6 is 0 Å². The Balaban J connectivity index is 2.68. The van der Waals surface area contributed by atoms with Crippen molar-refractivity contribution in [3.05, 3.63) is 41.3 Å². The highest BCUT2D eigenvalue weighted by Gasteiger charge is 2.20. The monoisotopic (exact) mass is 340 g/mol. The van der Waals surface area contributed by atoms with Gasteiger partial charge in [0.05, 0.1) is 24.3 Å². The predicted molar refractivity (Wildman–Crippen MR) is 82.9 cm³/mol. The fourth-order valence-corrected chi connectivity index (χ4v) is 2.48. The molecule has 0 aliphatic carbocycles. The average molecular weight is 340 g/mol. The number of aromatic nitrogens is 2. The smallest absolute Gasteiger partial charge is 0.333 e. The molecule has 124 valence electrons. The summed E-state index contributed by atoms with van der Waals surface area (Å²) in [5.74, 6) is -0.508. The highest BCUT2D eigenvalue weighted by Crippen LogP contribution is 2.30. The van der Waals surface area contributed by atoms with Crippen LogP contribution in [0.1, 0.15) is 31.0 Å². The number of hydrogen-bond donors (Lipinski definition) is 1. The molecule has 0 spiro atoms. The molecule has 23 heavy (non-hydrogen) atoms. The first kappa shape index (κ1) is 17.3. The first-order chi connectivity index (χ1) is 10.7. The number of halogens is 1. The molecular weight excluding hydrogens is 323 g/mol. The highest BCUT2D eigenvalue weighted by atomic mass is 32.2. The standard InChI is InChI=1S/C15H17FN2O4S/c1-9(2)13-12(8-19)14(10-4-6-11(16)7-5-10)18-15(17-13)22-23(3,20)21/h4-7,9,19H,8H2,1-3H3. The molecule has 0 fully saturated rings. The summed E-state index contributed by atoms with van der Waals surface area (Å²) in [7, 11) is -3.79. The van der Waals surface area contributed by atoms with E-state index in [9.17, 15) is 17.9 Å². The van der Waals surface area contributed by atoms with Crippen molar-refractivity contribution in [3.63, 3.8) is 0 Å². The second-order valence-corrected chi connectivity index (χ2v) is 6.90. The molecule has 6 nitrogen and oxygen atoms in total. The Hall–Kier alpha value is -2.06. The van der Waals surface area contributed by atoms with E-state index in [-0.39, 0.29) is 18.5 Å². The third-order valence-electron chi connectivity index (χ3n) is 3.07. The van der Waals surface area contributed by atoms with Gasteiger partial charge in [-0.25, -0.2) is 4.39 Å². The summed E-state index contributed by atoms with van der Waals surface area (Å²) in [5, 5.41) is 9.67. The summed E-state index contributed by atoms with van der Waals surface area (Å²) < 4.78 is 40.5. The van der Waals surface area contributed by atoms with Crippen molar-refractivity contribution in [2.45, 2.75) is 26.4 Å². The minimum absolute atomic E-state index is 0.0961. The van der Waals surface area contributed by atoms with E-state index >= 15 is 0 Å². The van der Waals surface area contributed by atoms with Crippen LogP contribution in [-0.2, 0) is 16.7 Å². The SMILES string of the molecule is CC(C)c1nc(OS(C)(=O)=O)nc(-c2ccc(F)cc2)c1CO. The Labute approximate surface area is 134 Å². The largest absolute Gasteiger partial charge is 0.392 e. The molecule has 8 heteroatoms. The zero-order valence-electron chi connectivity index (χ0n) is 12.9. The maximum Gasteiger partial charge on any atom is 0.333 e. The molecule has 1 N–H and O–H groups in total. The van der Waals surface area contributed by atoms with Crippen LogP contribution in [0.3, 0.4) is 0 Å². The fraction of sp³-hybridized carbons (Fsp3) is 0.333. The van der Waals surface area contributed by atoms with Crippen LogP contribution in [0.15, 0.2) is 24.3 Å². The normalized spacial score (nSPS) is 11.7. The summed E-state index contributed by atoms with van der Waals surface area (Å²) in [5.41, 5.74) is 1.76. The van der Waals surface area contributed by atoms with Gasteiger partial charge in [0.15, 0.2) is 0 Å². The zero-order valence-corrected chi connectivity index (χ0v) is 13.8. The van der Waals surface area contributed by atoms with E-state index < -0.39 is 15.9 Å². The summed E-state index contributed by atoms with van der Waals surface area (Å²) in [6, 6.07) is 5.17. The second-order valence-electron chi connectivity index (χ2n) is 5.33. The van der Waals surface area contributed by atoms with Crippen LogP contribution in [0.5, 0.6) is 6.01 Å². The van der Waals surface area contributed by atoms with Crippen molar-refractivity contribution in [1.29, 1.82) is 0 Å². The van der Waals surface area contributed by atoms with E-state index in [0.717, 1.165) is 6.26 Å². The van der Waals surface area contributed by atoms with Gasteiger partial charge in [-0.15, -0.1) is 0 Å². The van der Waals surface area contributed by atoms with Gasteiger partial charge in [-0.2, -0.15) is 18.4 Å². The van der Waals surface area contributed by atoms with Crippen molar-refractivity contribution in [3.8, 4) is 17.3 Å². The lowest BCUT2D eigenvalue weighted by molar-refractivity contribution is 0.279. The van der Waals surface area contributed by atoms with E-state index in [1.54, 1.807) is 0 Å². The quantitative estimate of drug-likeness (QED) is 0.840. The lowest BCUT2D eigenvalue weighted by atomic mass is 9.99. The van der Waals surface area contributed by atoms with Crippen LogP contribution < -0.4 is 4.18 Å². The van der Waals surface area contributed by atoms with Gasteiger partial charge in [0.25, 0.3) is 0 Å². The zero-order chi connectivity index (χ0) is 17.2. The third kappa shape index (κ3) is 4.23. The fourth-order valence-electron chi connectivity index (χ4n) is 2.13. The Morgan fingerprint density at radius 2 is 1.83 bits per heavy atom. The Kier molecular flexibility index (Phi) is 4.96. The molecule has 1 heterocycles. The van der Waals surface area contributed by atoms with Gasteiger partial charge in [0, 0.05) is 11.1 Å². The molecule has 0 unspecified atom stereocenters. The van der Waals surface area contributed by atoms with Crippen molar-refractivity contribution < 1.29 is 22.1 Å². The second kappa shape index (κ2) is 6.59. The van der Waals surface area contributed by atoms with Crippen LogP contribution in [0.25, 0.3) is 11.3 Å². The lowest BCUT2D eigenvalue weighted by Crippen LogP contribution is -2.13. The number of benzene rings is 1. The Morgan fingerprint density at radius 3 is 2.30 bits per heavy atom. The average Bonchev–Trinajstić information content (AvgIpc) is 2.45. The summed E-state index contributed by atoms with van der Waals surface area (Å²) in [4.78, 5) is 8.16. The van der Waals surface area contributed by atoms with Crippen molar-refractivity contribution in [1.82, 2.24) is 9.97 Å². The van der Waals surface area contributed by atoms with E-state index in [1.807, 2.05) is 13.8 Å². The maximum atomic E-state index is 13.1. The van der Waals surface area contributed by atoms with E-state index in [4.69, 9.17) is 4.18 Å². The predicted octanol–water partition coefficient (Wildman–Crippen LogP) is 2.24. The van der Waals surface area contributed by atoms with Gasteiger partial charge in [-0.3, -0.25) is 0 Å². The maximum absolute atomic E-state index is 13.1. The van der Waals surface area contributed by atoms with Gasteiger partial charge >= 0.3 is 16.1 Å². The van der Waals surface area contributed by atoms with E-state index in [0.29, 0.717) is 22.5 Å². The van der Waals surface area contributed by atoms with Crippen molar-refractivity contribution in [2.24, 2.45) is 0 Å². The minimum atomic E-state index is -3.79. The molecule has 0 aliphatic rings. The van der Waals surface area contributed by atoms with Crippen LogP contribution in [0, 0.1) is 5.82 Å². The van der Waals surface area contributed by atoms with Crippen LogP contribution in [0.4, 0.5) is 4.39 Å². The van der Waals surface area contributed by atoms with Crippen molar-refractivity contribution in [2.75, 3.05) is 6.26 Å². The van der Waals surface area contributed by atoms with Gasteiger partial charge in [0.1, 0.15) is 5.82 Å². The number of hydrogen-bond acceptors (Lipinski definition) is 6. The molecule has 0 saturated heterocycles. The van der Waals surface area contributed by atoms with E-state index in [1.165, 1.54) is 24.3 Å². The molecule has 0 saturated carbocycles. The minimum Gasteiger partial charge on any atom is -0.392 e. The molecule has 0 aliphatic heterocycles. The number of rotatable bonds is 5. The summed E-state index contributed by atoms with van der Waals surface area (Å²) >= 11 is 0. The summed E-state index contributed by atoms with van der Waals surface area (Å²) in [6.07, 6.45) is 0.892. The molecule has 0 amide bonds. The van der Waals surface area contributed by atoms with Crippen LogP contribution in [-0.4, -0.2) is 29.7 Å². The van der Waals surface area contributed by atoms with Crippen molar-refractivity contribution >= 4 is 10.1 Å². The third-order valence-corrected chi connectivity index (χ3v) is 3.52. The first-order valence-electron chi connectivity index (χ1n) is 6.88.